The van der Waals surface area contributed by atoms with Gasteiger partial charge in [-0.05, 0) is 37.9 Å². The Kier molecular flexibility index (Phi) is 3.75. The molecule has 0 amide bonds. The normalized spacial score (nSPS) is 19.8. The molecule has 0 atom stereocenters. The van der Waals surface area contributed by atoms with E-state index in [1.54, 1.807) is 0 Å². The second kappa shape index (κ2) is 5.69. The first kappa shape index (κ1) is 15.8. The molecule has 0 radical (unpaired) electrons. The van der Waals surface area contributed by atoms with Gasteiger partial charge in [0.2, 0.25) is 0 Å². The van der Waals surface area contributed by atoms with Gasteiger partial charge in [0.05, 0.1) is 0 Å². The maximum Gasteiger partial charge on any atom is 0.178 e. The number of aromatic nitrogens is 4. The van der Waals surface area contributed by atoms with Crippen molar-refractivity contribution in [3.05, 3.63) is 18.0 Å². The molecule has 2 fully saturated rings. The maximum absolute atomic E-state index is 4.80. The number of anilines is 1. The van der Waals surface area contributed by atoms with E-state index >= 15 is 0 Å². The highest BCUT2D eigenvalue weighted by atomic mass is 15.4. The van der Waals surface area contributed by atoms with E-state index in [-0.39, 0.29) is 5.41 Å². The van der Waals surface area contributed by atoms with Gasteiger partial charge >= 0.3 is 0 Å². The quantitative estimate of drug-likeness (QED) is 0.862. The van der Waals surface area contributed by atoms with E-state index in [0.29, 0.717) is 6.04 Å². The molecule has 6 heteroatoms. The molecule has 2 aromatic rings. The summed E-state index contributed by atoms with van der Waals surface area (Å²) in [6.45, 7) is 9.82. The standard InChI is InChI=1S/C18H28N6/c1-18(2,3)17-20-19-15-8-9-16(21-24(15)17)23-11-14(12-23)22(4)10-13-6-5-7-13/h8-9,13-14H,5-7,10-12H2,1-4H3. The Balaban J connectivity index is 1.45. The molecule has 6 nitrogen and oxygen atoms in total. The molecule has 1 saturated carbocycles. The van der Waals surface area contributed by atoms with Crippen LogP contribution < -0.4 is 4.90 Å². The number of likely N-dealkylation sites (N-methyl/N-ethyl adjacent to an activating group) is 1. The van der Waals surface area contributed by atoms with Crippen molar-refractivity contribution in [3.63, 3.8) is 0 Å². The van der Waals surface area contributed by atoms with Gasteiger partial charge in [0, 0.05) is 31.1 Å². The number of nitrogens with zero attached hydrogens (tertiary/aromatic N) is 6. The van der Waals surface area contributed by atoms with Crippen LogP contribution in [-0.2, 0) is 5.41 Å². The Bertz CT molecular complexity index is 721. The van der Waals surface area contributed by atoms with Crippen LogP contribution in [0.1, 0.15) is 45.9 Å². The van der Waals surface area contributed by atoms with Crippen LogP contribution in [0.5, 0.6) is 0 Å². The van der Waals surface area contributed by atoms with Crippen molar-refractivity contribution in [2.24, 2.45) is 5.92 Å². The van der Waals surface area contributed by atoms with Crippen LogP contribution in [0.2, 0.25) is 0 Å². The SMILES string of the molecule is CN(CC1CCC1)C1CN(c2ccc3nnc(C(C)(C)C)n3n2)C1. The third kappa shape index (κ3) is 2.77. The lowest BCUT2D eigenvalue weighted by Gasteiger charge is -2.46. The fourth-order valence-corrected chi connectivity index (χ4v) is 3.57. The number of rotatable bonds is 4. The summed E-state index contributed by atoms with van der Waals surface area (Å²) in [5, 5.41) is 13.4. The van der Waals surface area contributed by atoms with Crippen LogP contribution in [0.4, 0.5) is 5.82 Å². The Hall–Kier alpha value is -1.69. The molecule has 4 rings (SSSR count). The minimum Gasteiger partial charge on any atom is -0.352 e. The minimum atomic E-state index is -0.0640. The van der Waals surface area contributed by atoms with Gasteiger partial charge in [-0.25, -0.2) is 0 Å². The summed E-state index contributed by atoms with van der Waals surface area (Å²) in [6.07, 6.45) is 4.26. The smallest absolute Gasteiger partial charge is 0.178 e. The van der Waals surface area contributed by atoms with E-state index in [2.05, 4.69) is 53.9 Å². The molecule has 2 aliphatic rings. The van der Waals surface area contributed by atoms with Crippen LogP contribution in [-0.4, -0.2) is 57.4 Å². The molecule has 1 aliphatic heterocycles. The molecule has 0 N–H and O–H groups in total. The van der Waals surface area contributed by atoms with E-state index in [0.717, 1.165) is 36.3 Å². The van der Waals surface area contributed by atoms with Crippen LogP contribution in [0.3, 0.4) is 0 Å². The lowest BCUT2D eigenvalue weighted by atomic mass is 9.84. The molecule has 24 heavy (non-hydrogen) atoms. The Morgan fingerprint density at radius 1 is 1.17 bits per heavy atom. The first-order valence-electron chi connectivity index (χ1n) is 9.10. The van der Waals surface area contributed by atoms with Gasteiger partial charge in [0.25, 0.3) is 0 Å². The summed E-state index contributed by atoms with van der Waals surface area (Å²) in [5.74, 6) is 2.88. The van der Waals surface area contributed by atoms with Crippen LogP contribution in [0.15, 0.2) is 12.1 Å². The highest BCUT2D eigenvalue weighted by molar-refractivity contribution is 5.48. The van der Waals surface area contributed by atoms with Crippen LogP contribution in [0, 0.1) is 5.92 Å². The second-order valence-corrected chi connectivity index (χ2v) is 8.53. The van der Waals surface area contributed by atoms with E-state index in [4.69, 9.17) is 5.10 Å². The highest BCUT2D eigenvalue weighted by Crippen LogP contribution is 2.29. The summed E-state index contributed by atoms with van der Waals surface area (Å²) in [4.78, 5) is 4.89. The summed E-state index contributed by atoms with van der Waals surface area (Å²) >= 11 is 0. The lowest BCUT2D eigenvalue weighted by Crippen LogP contribution is -2.59. The Morgan fingerprint density at radius 2 is 1.92 bits per heavy atom. The second-order valence-electron chi connectivity index (χ2n) is 8.53. The van der Waals surface area contributed by atoms with Crippen molar-refractivity contribution in [2.75, 3.05) is 31.6 Å². The molecule has 1 aliphatic carbocycles. The minimum absolute atomic E-state index is 0.0640. The Labute approximate surface area is 143 Å². The fraction of sp³-hybridized carbons (Fsp3) is 0.722. The molecule has 0 unspecified atom stereocenters. The third-order valence-corrected chi connectivity index (χ3v) is 5.50. The molecular weight excluding hydrogens is 300 g/mol. The zero-order chi connectivity index (χ0) is 16.9. The molecule has 0 aromatic carbocycles. The molecule has 130 valence electrons. The van der Waals surface area contributed by atoms with Crippen molar-refractivity contribution >= 4 is 11.5 Å². The monoisotopic (exact) mass is 328 g/mol. The number of hydrogen-bond acceptors (Lipinski definition) is 5. The van der Waals surface area contributed by atoms with E-state index < -0.39 is 0 Å². The zero-order valence-corrected chi connectivity index (χ0v) is 15.2. The topological polar surface area (TPSA) is 49.6 Å². The third-order valence-electron chi connectivity index (χ3n) is 5.50. The summed E-state index contributed by atoms with van der Waals surface area (Å²) in [6, 6.07) is 4.75. The Morgan fingerprint density at radius 3 is 2.54 bits per heavy atom. The van der Waals surface area contributed by atoms with Gasteiger partial charge in [-0.2, -0.15) is 4.52 Å². The summed E-state index contributed by atoms with van der Waals surface area (Å²) < 4.78 is 1.90. The molecule has 2 aromatic heterocycles. The summed E-state index contributed by atoms with van der Waals surface area (Å²) in [7, 11) is 2.27. The molecule has 3 heterocycles. The van der Waals surface area contributed by atoms with Crippen LogP contribution in [0.25, 0.3) is 5.65 Å². The van der Waals surface area contributed by atoms with Crippen molar-refractivity contribution in [3.8, 4) is 0 Å². The van der Waals surface area contributed by atoms with Crippen molar-refractivity contribution in [1.29, 1.82) is 0 Å². The lowest BCUT2D eigenvalue weighted by molar-refractivity contribution is 0.142. The van der Waals surface area contributed by atoms with Crippen LogP contribution >= 0.6 is 0 Å². The van der Waals surface area contributed by atoms with Crippen molar-refractivity contribution < 1.29 is 0 Å². The first-order chi connectivity index (χ1) is 11.4. The number of fused-ring (bicyclic) bond motifs is 1. The predicted molar refractivity (Wildman–Crippen MR) is 95.5 cm³/mol. The van der Waals surface area contributed by atoms with Gasteiger partial charge in [0.15, 0.2) is 11.5 Å². The first-order valence-corrected chi connectivity index (χ1v) is 9.10. The number of hydrogen-bond donors (Lipinski definition) is 0. The van der Waals surface area contributed by atoms with E-state index in [9.17, 15) is 0 Å². The van der Waals surface area contributed by atoms with E-state index in [1.165, 1.54) is 25.8 Å². The molecular formula is C18H28N6. The average molecular weight is 328 g/mol. The average Bonchev–Trinajstić information content (AvgIpc) is 2.84. The van der Waals surface area contributed by atoms with Gasteiger partial charge < -0.3 is 4.90 Å². The maximum atomic E-state index is 4.80. The fourth-order valence-electron chi connectivity index (χ4n) is 3.57. The van der Waals surface area contributed by atoms with Gasteiger partial charge in [0.1, 0.15) is 5.82 Å². The van der Waals surface area contributed by atoms with Crippen molar-refractivity contribution in [2.45, 2.75) is 51.5 Å². The largest absolute Gasteiger partial charge is 0.352 e. The van der Waals surface area contributed by atoms with Crippen molar-refractivity contribution in [1.82, 2.24) is 24.7 Å². The predicted octanol–water partition coefficient (Wildman–Crippen LogP) is 2.34. The van der Waals surface area contributed by atoms with Gasteiger partial charge in [-0.15, -0.1) is 15.3 Å². The van der Waals surface area contributed by atoms with E-state index in [1.807, 2.05) is 10.6 Å². The highest BCUT2D eigenvalue weighted by Gasteiger charge is 2.33. The van der Waals surface area contributed by atoms with Gasteiger partial charge in [-0.3, -0.25) is 4.90 Å². The molecule has 1 saturated heterocycles. The van der Waals surface area contributed by atoms with Gasteiger partial charge in [-0.1, -0.05) is 27.2 Å². The summed E-state index contributed by atoms with van der Waals surface area (Å²) in [5.41, 5.74) is 0.758. The molecule has 0 bridgehead atoms. The molecule has 0 spiro atoms. The zero-order valence-electron chi connectivity index (χ0n) is 15.2.